The Morgan fingerprint density at radius 1 is 1.17 bits per heavy atom. The van der Waals surface area contributed by atoms with Crippen molar-refractivity contribution in [1.29, 1.82) is 0 Å². The normalized spacial score (nSPS) is 18.3. The highest BCUT2D eigenvalue weighted by Gasteiger charge is 2.54. The molecule has 2 aliphatic rings. The first-order valence-corrected chi connectivity index (χ1v) is 14.9. The lowest BCUT2D eigenvalue weighted by molar-refractivity contribution is -0.150. The van der Waals surface area contributed by atoms with Gasteiger partial charge >= 0.3 is 12.1 Å². The van der Waals surface area contributed by atoms with Crippen LogP contribution in [0.25, 0.3) is 0 Å². The molecule has 218 valence electrons. The van der Waals surface area contributed by atoms with Gasteiger partial charge in [-0.25, -0.2) is 14.7 Å². The number of hydrogen-bond acceptors (Lipinski definition) is 9. The number of amides is 3. The molecule has 14 heteroatoms. The molecule has 3 amide bonds. The molecule has 1 unspecified atom stereocenters. The number of β-lactam (4-membered cyclic amide) rings is 1. The zero-order valence-electron chi connectivity index (χ0n) is 22.8. The minimum absolute atomic E-state index is 0.0272. The van der Waals surface area contributed by atoms with Gasteiger partial charge in [0.15, 0.2) is 0 Å². The number of fused-ring (bicyclic) bond motifs is 1. The van der Waals surface area contributed by atoms with Crippen LogP contribution in [0.1, 0.15) is 31.9 Å². The number of ether oxygens (including phenoxy) is 1. The Labute approximate surface area is 244 Å². The van der Waals surface area contributed by atoms with Crippen molar-refractivity contribution in [3.63, 3.8) is 0 Å². The molecule has 41 heavy (non-hydrogen) atoms. The van der Waals surface area contributed by atoms with Crippen molar-refractivity contribution in [3.8, 4) is 0 Å². The highest BCUT2D eigenvalue weighted by atomic mass is 32.2. The van der Waals surface area contributed by atoms with Crippen LogP contribution in [-0.2, 0) is 32.0 Å². The van der Waals surface area contributed by atoms with Gasteiger partial charge in [0.25, 0.3) is 11.5 Å². The molecule has 4 rings (SSSR count). The fourth-order valence-electron chi connectivity index (χ4n) is 4.35. The number of aliphatic carboxylic acids is 1. The molecule has 2 atom stereocenters. The Kier molecular flexibility index (Phi) is 9.43. The molecule has 0 spiro atoms. The first kappa shape index (κ1) is 30.2. The highest BCUT2D eigenvalue weighted by Crippen LogP contribution is 2.41. The molecule has 0 radical (unpaired) electrons. The summed E-state index contributed by atoms with van der Waals surface area (Å²) >= 11 is 2.64. The van der Waals surface area contributed by atoms with Gasteiger partial charge in [-0.15, -0.1) is 23.5 Å². The average Bonchev–Trinajstić information content (AvgIpc) is 2.90. The Hall–Kier alpha value is -3.78. The summed E-state index contributed by atoms with van der Waals surface area (Å²) in [5.74, 6) is -1.41. The zero-order chi connectivity index (χ0) is 29.7. The van der Waals surface area contributed by atoms with E-state index in [0.29, 0.717) is 29.3 Å². The lowest BCUT2D eigenvalue weighted by Gasteiger charge is -2.49. The van der Waals surface area contributed by atoms with E-state index in [2.05, 4.69) is 20.8 Å². The van der Waals surface area contributed by atoms with Crippen LogP contribution in [0.2, 0.25) is 0 Å². The number of alkyl carbamates (subject to hydrolysis) is 1. The second-order valence-corrected chi connectivity index (χ2v) is 12.5. The number of aromatic nitrogens is 2. The lowest BCUT2D eigenvalue weighted by Crippen LogP contribution is -2.70. The molecule has 0 aliphatic carbocycles. The van der Waals surface area contributed by atoms with Crippen LogP contribution in [0.15, 0.2) is 57.5 Å². The van der Waals surface area contributed by atoms with E-state index in [4.69, 9.17) is 4.74 Å². The number of hydrogen-bond donors (Lipinski definition) is 4. The molecule has 0 bridgehead atoms. The number of carbonyl (C=O) groups is 4. The van der Waals surface area contributed by atoms with Crippen LogP contribution in [0.4, 0.5) is 4.79 Å². The van der Waals surface area contributed by atoms with Crippen LogP contribution in [0.3, 0.4) is 0 Å². The summed E-state index contributed by atoms with van der Waals surface area (Å²) in [6, 6.07) is 9.39. The van der Waals surface area contributed by atoms with Crippen molar-refractivity contribution in [1.82, 2.24) is 25.7 Å². The van der Waals surface area contributed by atoms with E-state index in [1.54, 1.807) is 26.8 Å². The summed E-state index contributed by atoms with van der Waals surface area (Å²) in [7, 11) is 0. The van der Waals surface area contributed by atoms with Gasteiger partial charge < -0.3 is 20.5 Å². The summed E-state index contributed by atoms with van der Waals surface area (Å²) < 4.78 is 5.25. The summed E-state index contributed by atoms with van der Waals surface area (Å²) in [5, 5.41) is 21.6. The van der Waals surface area contributed by atoms with Gasteiger partial charge in [-0.3, -0.25) is 19.3 Å². The van der Waals surface area contributed by atoms with Crippen molar-refractivity contribution < 1.29 is 29.0 Å². The maximum absolute atomic E-state index is 13.0. The van der Waals surface area contributed by atoms with Gasteiger partial charge in [0, 0.05) is 24.1 Å². The molecule has 4 N–H and O–H groups in total. The van der Waals surface area contributed by atoms with Gasteiger partial charge in [-0.05, 0) is 50.0 Å². The Morgan fingerprint density at radius 3 is 2.56 bits per heavy atom. The van der Waals surface area contributed by atoms with E-state index in [1.807, 2.05) is 24.3 Å². The molecular formula is C27H31N5O7S2. The zero-order valence-corrected chi connectivity index (χ0v) is 24.4. The lowest BCUT2D eigenvalue weighted by atomic mass is 10.00. The SMILES string of the molecule is CC(C)(C)OC(=O)NCCc1ccccc1CC(=O)NC1C(=O)N2C(C(=O)O)=C(CSc3ccc(=O)[nH]n3)CS[C@H]12. The maximum Gasteiger partial charge on any atom is 0.407 e. The number of H-pyrrole nitrogens is 1. The summed E-state index contributed by atoms with van der Waals surface area (Å²) in [5.41, 5.74) is 1.18. The number of rotatable bonds is 10. The van der Waals surface area contributed by atoms with Gasteiger partial charge in [0.05, 0.1) is 6.42 Å². The Balaban J connectivity index is 1.34. The van der Waals surface area contributed by atoms with Crippen LogP contribution in [0.5, 0.6) is 0 Å². The molecular weight excluding hydrogens is 570 g/mol. The molecule has 2 aliphatic heterocycles. The standard InChI is InChI=1S/C27H31N5O7S2/c1-27(2,3)39-26(38)28-11-10-15-6-4-5-7-16(15)12-19(34)29-21-23(35)32-22(25(36)37)17(14-41-24(21)32)13-40-20-9-8-18(33)30-31-20/h4-9,21,24H,10-14H2,1-3H3,(H,28,38)(H,29,34)(H,30,33)(H,36,37)/t21?,24-/m1/s1. The van der Waals surface area contributed by atoms with Crippen molar-refractivity contribution >= 4 is 47.4 Å². The monoisotopic (exact) mass is 601 g/mol. The second-order valence-electron chi connectivity index (χ2n) is 10.4. The van der Waals surface area contributed by atoms with Crippen molar-refractivity contribution in [2.45, 2.75) is 55.7 Å². The predicted octanol–water partition coefficient (Wildman–Crippen LogP) is 1.91. The van der Waals surface area contributed by atoms with Gasteiger partial charge in [0.2, 0.25) is 5.91 Å². The number of nitrogens with zero attached hydrogens (tertiary/aromatic N) is 2. The molecule has 1 aromatic heterocycles. The number of thioether (sulfide) groups is 2. The number of carboxylic acid groups (broad SMARTS) is 1. The molecule has 2 aromatic rings. The number of nitrogens with one attached hydrogen (secondary N) is 3. The van der Waals surface area contributed by atoms with Crippen molar-refractivity contribution in [2.24, 2.45) is 0 Å². The predicted molar refractivity (Wildman–Crippen MR) is 153 cm³/mol. The summed E-state index contributed by atoms with van der Waals surface area (Å²) in [6.45, 7) is 5.67. The number of benzene rings is 1. The fourth-order valence-corrected chi connectivity index (χ4v) is 6.66. The van der Waals surface area contributed by atoms with Crippen LogP contribution >= 0.6 is 23.5 Å². The van der Waals surface area contributed by atoms with Gasteiger partial charge in [0.1, 0.15) is 27.7 Å². The average molecular weight is 602 g/mol. The number of carbonyl (C=O) groups excluding carboxylic acids is 3. The largest absolute Gasteiger partial charge is 0.477 e. The van der Waals surface area contributed by atoms with Crippen molar-refractivity contribution in [2.75, 3.05) is 18.1 Å². The number of carboxylic acids is 1. The quantitative estimate of drug-likeness (QED) is 0.233. The number of aromatic amines is 1. The van der Waals surface area contributed by atoms with Gasteiger partial charge in [-0.2, -0.15) is 5.10 Å². The van der Waals surface area contributed by atoms with E-state index in [9.17, 15) is 29.1 Å². The molecule has 0 saturated carbocycles. The van der Waals surface area contributed by atoms with Crippen LogP contribution in [0, 0.1) is 0 Å². The van der Waals surface area contributed by atoms with Gasteiger partial charge in [-0.1, -0.05) is 24.3 Å². The topological polar surface area (TPSA) is 171 Å². The summed E-state index contributed by atoms with van der Waals surface area (Å²) in [6.07, 6.45) is -0.00537. The molecule has 1 fully saturated rings. The molecule has 12 nitrogen and oxygen atoms in total. The molecule has 3 heterocycles. The van der Waals surface area contributed by atoms with Crippen LogP contribution < -0.4 is 16.2 Å². The fraction of sp³-hybridized carbons (Fsp3) is 0.407. The third-order valence-electron chi connectivity index (χ3n) is 6.15. The van der Waals surface area contributed by atoms with Crippen LogP contribution in [-0.4, -0.2) is 79.1 Å². The highest BCUT2D eigenvalue weighted by molar-refractivity contribution is 8.01. The van der Waals surface area contributed by atoms with E-state index >= 15 is 0 Å². The maximum atomic E-state index is 13.0. The Bertz CT molecular complexity index is 1420. The Morgan fingerprint density at radius 2 is 1.90 bits per heavy atom. The van der Waals surface area contributed by atoms with E-state index in [0.717, 1.165) is 11.1 Å². The summed E-state index contributed by atoms with van der Waals surface area (Å²) in [4.78, 5) is 62.4. The second kappa shape index (κ2) is 12.8. The minimum Gasteiger partial charge on any atom is -0.477 e. The van der Waals surface area contributed by atoms with E-state index in [1.165, 1.54) is 34.5 Å². The first-order valence-electron chi connectivity index (χ1n) is 12.8. The smallest absolute Gasteiger partial charge is 0.407 e. The van der Waals surface area contributed by atoms with E-state index < -0.39 is 35.0 Å². The third kappa shape index (κ3) is 7.70. The molecule has 1 saturated heterocycles. The molecule has 1 aromatic carbocycles. The van der Waals surface area contributed by atoms with Crippen molar-refractivity contribution in [3.05, 3.63) is 69.1 Å². The first-order chi connectivity index (χ1) is 19.4. The third-order valence-corrected chi connectivity index (χ3v) is 8.50. The van der Waals surface area contributed by atoms with E-state index in [-0.39, 0.29) is 29.3 Å². The minimum atomic E-state index is -1.22.